The number of aromatic nitrogens is 2. The lowest BCUT2D eigenvalue weighted by Crippen LogP contribution is -2.58. The van der Waals surface area contributed by atoms with Crippen LogP contribution >= 0.6 is 23.5 Å². The molecule has 4 aliphatic heterocycles. The van der Waals surface area contributed by atoms with Crippen LogP contribution in [0, 0.1) is 0 Å². The summed E-state index contributed by atoms with van der Waals surface area (Å²) in [4.78, 5) is 5.49. The Hall–Kier alpha value is -5.03. The largest absolute Gasteiger partial charge is 0.308 e. The fraction of sp³-hybridized carbons (Fsp3) is 0. The zero-order valence-corrected chi connectivity index (χ0v) is 27.2. The number of fused-ring (bicyclic) bond motifs is 17. The van der Waals surface area contributed by atoms with Gasteiger partial charge in [0.05, 0.1) is 22.1 Å². The van der Waals surface area contributed by atoms with Gasteiger partial charge in [-0.2, -0.15) is 0 Å². The first kappa shape index (κ1) is 25.0. The van der Waals surface area contributed by atoms with Crippen LogP contribution in [0.25, 0.3) is 55.0 Å². The van der Waals surface area contributed by atoms with Crippen molar-refractivity contribution in [2.75, 3.05) is 0 Å². The summed E-state index contributed by atoms with van der Waals surface area (Å²) in [5.41, 5.74) is 16.5. The normalized spacial score (nSPS) is 14.4. The fourth-order valence-corrected chi connectivity index (χ4v) is 12.0. The van der Waals surface area contributed by atoms with E-state index in [1.54, 1.807) is 0 Å². The lowest BCUT2D eigenvalue weighted by atomic mass is 9.35. The molecule has 0 fully saturated rings. The monoisotopic (exact) mass is 640 g/mol. The van der Waals surface area contributed by atoms with Gasteiger partial charge < -0.3 is 9.13 Å². The van der Waals surface area contributed by atoms with Gasteiger partial charge in [-0.25, -0.2) is 0 Å². The summed E-state index contributed by atoms with van der Waals surface area (Å²) in [5.74, 6) is 0. The molecule has 0 spiro atoms. The molecule has 6 heteroatoms. The Balaban J connectivity index is 1.26. The fourth-order valence-electron chi connectivity index (χ4n) is 9.69. The second-order valence-electron chi connectivity index (χ2n) is 13.5. The van der Waals surface area contributed by atoms with Crippen molar-refractivity contribution in [3.05, 3.63) is 133 Å². The zero-order chi connectivity index (χ0) is 30.8. The quantitative estimate of drug-likeness (QED) is 0.176. The first-order chi connectivity index (χ1) is 23.8. The van der Waals surface area contributed by atoms with E-state index in [4.69, 9.17) is 0 Å². The highest BCUT2D eigenvalue weighted by Gasteiger charge is 2.42. The Labute approximate surface area is 285 Å². The van der Waals surface area contributed by atoms with Crippen LogP contribution in [-0.2, 0) is 0 Å². The van der Waals surface area contributed by atoms with Crippen molar-refractivity contribution >= 4 is 113 Å². The summed E-state index contributed by atoms with van der Waals surface area (Å²) in [6, 6.07) is 50.8. The third kappa shape index (κ3) is 2.76. The van der Waals surface area contributed by atoms with E-state index in [1.807, 2.05) is 23.5 Å². The molecule has 0 unspecified atom stereocenters. The molecule has 2 nitrogen and oxygen atoms in total. The summed E-state index contributed by atoms with van der Waals surface area (Å²) >= 11 is 3.86. The van der Waals surface area contributed by atoms with Crippen LogP contribution in [0.1, 0.15) is 0 Å². The van der Waals surface area contributed by atoms with E-state index in [0.717, 1.165) is 0 Å². The van der Waals surface area contributed by atoms with Crippen LogP contribution < -0.4 is 32.8 Å². The molecule has 0 saturated carbocycles. The Bertz CT molecular complexity index is 2790. The molecule has 7 aromatic carbocycles. The van der Waals surface area contributed by atoms with Crippen LogP contribution in [0.2, 0.25) is 0 Å². The second-order valence-corrected chi connectivity index (χ2v) is 15.7. The van der Waals surface area contributed by atoms with Crippen LogP contribution in [0.5, 0.6) is 0 Å². The van der Waals surface area contributed by atoms with Crippen LogP contribution in [0.4, 0.5) is 0 Å². The minimum absolute atomic E-state index is 0.222. The summed E-state index contributed by atoms with van der Waals surface area (Å²) < 4.78 is 5.28. The average molecular weight is 640 g/mol. The molecule has 13 rings (SSSR count). The molecule has 0 bridgehead atoms. The van der Waals surface area contributed by atoms with E-state index in [9.17, 15) is 0 Å². The molecular weight excluding hydrogens is 618 g/mol. The number of benzene rings is 7. The first-order valence-electron chi connectivity index (χ1n) is 16.7. The van der Waals surface area contributed by atoms with E-state index in [2.05, 4.69) is 143 Å². The third-order valence-electron chi connectivity index (χ3n) is 11.4. The van der Waals surface area contributed by atoms with Gasteiger partial charge in [0.2, 0.25) is 13.4 Å². The highest BCUT2D eigenvalue weighted by atomic mass is 32.2. The van der Waals surface area contributed by atoms with E-state index >= 15 is 0 Å². The summed E-state index contributed by atoms with van der Waals surface area (Å²) in [7, 11) is 0. The second kappa shape index (κ2) is 8.51. The maximum absolute atomic E-state index is 2.64. The van der Waals surface area contributed by atoms with Crippen LogP contribution in [-0.4, -0.2) is 22.6 Å². The molecule has 2 aromatic heterocycles. The van der Waals surface area contributed by atoms with Crippen molar-refractivity contribution in [1.82, 2.24) is 9.13 Å². The number of hydrogen-bond acceptors (Lipinski definition) is 2. The van der Waals surface area contributed by atoms with Gasteiger partial charge in [0.15, 0.2) is 0 Å². The van der Waals surface area contributed by atoms with Gasteiger partial charge in [-0.1, -0.05) is 132 Å². The molecule has 0 saturated heterocycles. The average Bonchev–Trinajstić information content (AvgIpc) is 3.67. The molecular formula is C42H22B2N2S2. The maximum atomic E-state index is 2.64. The minimum atomic E-state index is 0.222. The van der Waals surface area contributed by atoms with Gasteiger partial charge in [0.25, 0.3) is 0 Å². The Morgan fingerprint density at radius 1 is 0.333 bits per heavy atom. The predicted molar refractivity (Wildman–Crippen MR) is 206 cm³/mol. The number of rotatable bonds is 0. The van der Waals surface area contributed by atoms with Crippen molar-refractivity contribution < 1.29 is 0 Å². The lowest BCUT2D eigenvalue weighted by molar-refractivity contribution is 1.15. The molecule has 0 N–H and O–H groups in total. The summed E-state index contributed by atoms with van der Waals surface area (Å²) in [5, 5.41) is 5.34. The SMILES string of the molecule is c1ccc2c(c1)Sc1ccc3c4ccc5c6ccc7c8c6n(c5c4n4c3c1B2c1ccccc1-4)-c1ccccc1B8c1ccccc1S7. The van der Waals surface area contributed by atoms with E-state index in [0.29, 0.717) is 0 Å². The van der Waals surface area contributed by atoms with Crippen molar-refractivity contribution in [2.45, 2.75) is 19.6 Å². The topological polar surface area (TPSA) is 9.86 Å². The third-order valence-corrected chi connectivity index (χ3v) is 13.8. The smallest absolute Gasteiger partial charge is 0.249 e. The Morgan fingerprint density at radius 2 is 0.708 bits per heavy atom. The Kier molecular flexibility index (Phi) is 4.44. The first-order valence-corrected chi connectivity index (χ1v) is 18.3. The zero-order valence-electron chi connectivity index (χ0n) is 25.6. The predicted octanol–water partition coefficient (Wildman–Crippen LogP) is 6.47. The van der Waals surface area contributed by atoms with Gasteiger partial charge in [0.1, 0.15) is 0 Å². The van der Waals surface area contributed by atoms with Crippen molar-refractivity contribution in [1.29, 1.82) is 0 Å². The van der Waals surface area contributed by atoms with Gasteiger partial charge in [0, 0.05) is 52.5 Å². The molecule has 0 amide bonds. The molecule has 9 aromatic rings. The highest BCUT2D eigenvalue weighted by molar-refractivity contribution is 8.00. The van der Waals surface area contributed by atoms with Crippen molar-refractivity contribution in [3.8, 4) is 11.4 Å². The van der Waals surface area contributed by atoms with Gasteiger partial charge in [-0.15, -0.1) is 0 Å². The molecule has 4 aliphatic rings. The van der Waals surface area contributed by atoms with Gasteiger partial charge in [-0.05, 0) is 58.2 Å². The van der Waals surface area contributed by atoms with Gasteiger partial charge in [-0.3, -0.25) is 0 Å². The number of hydrogen-bond donors (Lipinski definition) is 0. The molecule has 48 heavy (non-hydrogen) atoms. The molecule has 0 atom stereocenters. The van der Waals surface area contributed by atoms with Crippen LogP contribution in [0.3, 0.4) is 0 Å². The van der Waals surface area contributed by atoms with Crippen LogP contribution in [0.15, 0.2) is 153 Å². The maximum Gasteiger partial charge on any atom is 0.249 e. The number of para-hydroxylation sites is 2. The molecule has 0 radical (unpaired) electrons. The van der Waals surface area contributed by atoms with E-state index < -0.39 is 0 Å². The van der Waals surface area contributed by atoms with E-state index in [1.165, 1.54) is 107 Å². The van der Waals surface area contributed by atoms with Gasteiger partial charge >= 0.3 is 0 Å². The summed E-state index contributed by atoms with van der Waals surface area (Å²) in [6.07, 6.45) is 0. The van der Waals surface area contributed by atoms with E-state index in [-0.39, 0.29) is 13.4 Å². The summed E-state index contributed by atoms with van der Waals surface area (Å²) in [6.45, 7) is 0.444. The molecule has 0 aliphatic carbocycles. The highest BCUT2D eigenvalue weighted by Crippen LogP contribution is 2.46. The molecule has 6 heterocycles. The van der Waals surface area contributed by atoms with Crippen molar-refractivity contribution in [3.63, 3.8) is 0 Å². The number of nitrogens with zero attached hydrogens (tertiary/aromatic N) is 2. The minimum Gasteiger partial charge on any atom is -0.308 e. The molecule has 218 valence electrons. The standard InChI is InChI=1S/C42H22B2N2S2/c1-5-13-31-27(9-1)43-29-11-3-7-15-33(29)47-35-21-19-23-25-17-18-26-24-20-22-36-38-40(24)46(42(26)41(25)45(31)39(23)37(35)43)32-14-6-2-10-28(32)44(38)30-12-4-8-16-34(30)48-36/h1-22H. The Morgan fingerprint density at radius 3 is 1.19 bits per heavy atom. The lowest BCUT2D eigenvalue weighted by Gasteiger charge is -2.33. The van der Waals surface area contributed by atoms with Crippen molar-refractivity contribution in [2.24, 2.45) is 0 Å².